The maximum absolute atomic E-state index is 12.5. The first-order valence-electron chi connectivity index (χ1n) is 12.3. The molecule has 0 spiro atoms. The van der Waals surface area contributed by atoms with Crippen molar-refractivity contribution in [1.82, 2.24) is 24.4 Å². The van der Waals surface area contributed by atoms with Gasteiger partial charge in [-0.25, -0.2) is 9.50 Å². The number of aromatic nitrogens is 3. The molecule has 0 radical (unpaired) electrons. The second-order valence-corrected chi connectivity index (χ2v) is 9.58. The molecule has 3 heterocycles. The largest absolute Gasteiger partial charge is 0.489 e. The van der Waals surface area contributed by atoms with E-state index in [0.717, 1.165) is 59.6 Å². The number of anilines is 1. The zero-order valence-electron chi connectivity index (χ0n) is 20.8. The van der Waals surface area contributed by atoms with E-state index in [9.17, 15) is 4.79 Å². The van der Waals surface area contributed by atoms with Gasteiger partial charge in [0.2, 0.25) is 5.91 Å². The number of amides is 1. The van der Waals surface area contributed by atoms with E-state index in [1.807, 2.05) is 64.8 Å². The van der Waals surface area contributed by atoms with Gasteiger partial charge in [-0.3, -0.25) is 4.79 Å². The number of piperidine rings is 1. The Labute approximate surface area is 211 Å². The van der Waals surface area contributed by atoms with Crippen LogP contribution < -0.4 is 10.5 Å². The molecule has 4 aromatic rings. The number of nitrogen functional groups attached to an aromatic ring is 1. The van der Waals surface area contributed by atoms with Crippen molar-refractivity contribution >= 4 is 17.2 Å². The van der Waals surface area contributed by atoms with Gasteiger partial charge in [0.25, 0.3) is 0 Å². The van der Waals surface area contributed by atoms with E-state index in [2.05, 4.69) is 34.3 Å². The third-order valence-electron chi connectivity index (χ3n) is 6.72. The fourth-order valence-electron chi connectivity index (χ4n) is 4.89. The summed E-state index contributed by atoms with van der Waals surface area (Å²) in [4.78, 5) is 20.7. The van der Waals surface area contributed by atoms with Gasteiger partial charge in [0.05, 0.1) is 6.54 Å². The van der Waals surface area contributed by atoms with E-state index in [-0.39, 0.29) is 11.8 Å². The second-order valence-electron chi connectivity index (χ2n) is 9.58. The maximum Gasteiger partial charge on any atom is 0.236 e. The summed E-state index contributed by atoms with van der Waals surface area (Å²) in [5.74, 6) is 1.69. The van der Waals surface area contributed by atoms with Crippen molar-refractivity contribution in [3.63, 3.8) is 0 Å². The smallest absolute Gasteiger partial charge is 0.236 e. The Bertz CT molecular complexity index is 1340. The van der Waals surface area contributed by atoms with E-state index in [4.69, 9.17) is 10.5 Å². The highest BCUT2D eigenvalue weighted by molar-refractivity contribution is 5.88. The maximum atomic E-state index is 12.5. The lowest BCUT2D eigenvalue weighted by atomic mass is 9.93. The highest BCUT2D eigenvalue weighted by atomic mass is 16.5. The number of ether oxygens (including phenoxy) is 1. The van der Waals surface area contributed by atoms with Crippen LogP contribution in [0.1, 0.15) is 30.0 Å². The highest BCUT2D eigenvalue weighted by Crippen LogP contribution is 2.37. The third-order valence-corrected chi connectivity index (χ3v) is 6.72. The lowest BCUT2D eigenvalue weighted by Gasteiger charge is -2.32. The van der Waals surface area contributed by atoms with Crippen LogP contribution in [-0.4, -0.2) is 64.0 Å². The predicted molar refractivity (Wildman–Crippen MR) is 141 cm³/mol. The van der Waals surface area contributed by atoms with E-state index >= 15 is 0 Å². The van der Waals surface area contributed by atoms with Crippen molar-refractivity contribution in [3.8, 4) is 16.9 Å². The Morgan fingerprint density at radius 1 is 1.08 bits per heavy atom. The van der Waals surface area contributed by atoms with Crippen molar-refractivity contribution in [3.05, 3.63) is 78.2 Å². The first-order chi connectivity index (χ1) is 17.5. The molecule has 0 bridgehead atoms. The summed E-state index contributed by atoms with van der Waals surface area (Å²) >= 11 is 0. The van der Waals surface area contributed by atoms with Crippen molar-refractivity contribution in [2.75, 3.05) is 39.5 Å². The minimum absolute atomic E-state index is 0.179. The van der Waals surface area contributed by atoms with E-state index in [1.54, 1.807) is 0 Å². The molecule has 1 saturated heterocycles. The molecule has 0 unspecified atom stereocenters. The van der Waals surface area contributed by atoms with Gasteiger partial charge in [-0.1, -0.05) is 42.5 Å². The third kappa shape index (κ3) is 5.04. The summed E-state index contributed by atoms with van der Waals surface area (Å²) in [5, 5.41) is 4.56. The number of benzene rings is 2. The van der Waals surface area contributed by atoms with Crippen molar-refractivity contribution in [2.45, 2.75) is 25.4 Å². The van der Waals surface area contributed by atoms with Gasteiger partial charge in [-0.2, -0.15) is 5.10 Å². The van der Waals surface area contributed by atoms with E-state index in [0.29, 0.717) is 19.0 Å². The van der Waals surface area contributed by atoms with Crippen LogP contribution in [0.5, 0.6) is 5.75 Å². The standard InChI is InChI=1S/C28H32N6O2/c1-32(2)17-26(35)33-13-11-21(12-14-33)25-16-24(27-28(29)30-19-31-34(25)27)22-9-6-10-23(15-22)36-18-20-7-4-3-5-8-20/h3-10,15-16,19,21H,11-14,17-18H2,1-2H3,(H2,29,30,31). The number of rotatable bonds is 7. The fraction of sp³-hybridized carbons (Fsp3) is 0.321. The lowest BCUT2D eigenvalue weighted by Crippen LogP contribution is -2.42. The van der Waals surface area contributed by atoms with Gasteiger partial charge in [-0.05, 0) is 56.3 Å². The zero-order chi connectivity index (χ0) is 25.1. The molecule has 8 nitrogen and oxygen atoms in total. The number of likely N-dealkylation sites (N-methyl/N-ethyl adjacent to an activating group) is 1. The molecule has 0 aliphatic carbocycles. The number of hydrogen-bond acceptors (Lipinski definition) is 6. The van der Waals surface area contributed by atoms with Gasteiger partial charge in [0.1, 0.15) is 24.2 Å². The summed E-state index contributed by atoms with van der Waals surface area (Å²) in [6, 6.07) is 20.4. The Hall–Kier alpha value is -3.91. The van der Waals surface area contributed by atoms with Crippen LogP contribution in [0, 0.1) is 0 Å². The topological polar surface area (TPSA) is 89.0 Å². The minimum atomic E-state index is 0.179. The molecule has 2 aromatic carbocycles. The number of nitrogens with zero attached hydrogens (tertiary/aromatic N) is 5. The number of carbonyl (C=O) groups excluding carboxylic acids is 1. The average Bonchev–Trinajstić information content (AvgIpc) is 3.29. The fourth-order valence-corrected chi connectivity index (χ4v) is 4.89. The van der Waals surface area contributed by atoms with Crippen LogP contribution in [0.2, 0.25) is 0 Å². The van der Waals surface area contributed by atoms with Crippen LogP contribution in [0.25, 0.3) is 16.6 Å². The molecule has 0 atom stereocenters. The first-order valence-corrected chi connectivity index (χ1v) is 12.3. The zero-order valence-corrected chi connectivity index (χ0v) is 20.8. The number of likely N-dealkylation sites (tertiary alicyclic amines) is 1. The Kier molecular flexibility index (Phi) is 6.86. The van der Waals surface area contributed by atoms with Crippen molar-refractivity contribution < 1.29 is 9.53 Å². The molecule has 186 valence electrons. The Morgan fingerprint density at radius 3 is 2.61 bits per heavy atom. The van der Waals surface area contributed by atoms with Crippen LogP contribution in [0.3, 0.4) is 0 Å². The van der Waals surface area contributed by atoms with Gasteiger partial charge in [0, 0.05) is 30.3 Å². The SMILES string of the molecule is CN(C)CC(=O)N1CCC(c2cc(-c3cccc(OCc4ccccc4)c3)c3c(N)ncnn23)CC1. The molecule has 36 heavy (non-hydrogen) atoms. The molecular formula is C28H32N6O2. The van der Waals surface area contributed by atoms with Gasteiger partial charge in [-0.15, -0.1) is 0 Å². The highest BCUT2D eigenvalue weighted by Gasteiger charge is 2.28. The Morgan fingerprint density at radius 2 is 1.86 bits per heavy atom. The first kappa shape index (κ1) is 23.8. The molecule has 1 fully saturated rings. The summed E-state index contributed by atoms with van der Waals surface area (Å²) in [5.41, 5.74) is 11.4. The average molecular weight is 485 g/mol. The van der Waals surface area contributed by atoms with E-state index in [1.165, 1.54) is 6.33 Å². The van der Waals surface area contributed by atoms with Crippen molar-refractivity contribution in [2.24, 2.45) is 0 Å². The quantitative estimate of drug-likeness (QED) is 0.429. The Balaban J connectivity index is 1.40. The predicted octanol–water partition coefficient (Wildman–Crippen LogP) is 3.83. The van der Waals surface area contributed by atoms with Gasteiger partial charge >= 0.3 is 0 Å². The summed E-state index contributed by atoms with van der Waals surface area (Å²) in [6.45, 7) is 2.42. The van der Waals surface area contributed by atoms with Crippen LogP contribution in [-0.2, 0) is 11.4 Å². The lowest BCUT2D eigenvalue weighted by molar-refractivity contribution is -0.132. The summed E-state index contributed by atoms with van der Waals surface area (Å²) in [6.07, 6.45) is 3.27. The van der Waals surface area contributed by atoms with Crippen LogP contribution >= 0.6 is 0 Å². The summed E-state index contributed by atoms with van der Waals surface area (Å²) < 4.78 is 8.00. The molecular weight excluding hydrogens is 452 g/mol. The molecule has 2 aromatic heterocycles. The molecule has 2 N–H and O–H groups in total. The van der Waals surface area contributed by atoms with Crippen LogP contribution in [0.15, 0.2) is 67.0 Å². The van der Waals surface area contributed by atoms with Crippen LogP contribution in [0.4, 0.5) is 5.82 Å². The molecule has 1 amide bonds. The van der Waals surface area contributed by atoms with Crippen molar-refractivity contribution in [1.29, 1.82) is 0 Å². The minimum Gasteiger partial charge on any atom is -0.489 e. The monoisotopic (exact) mass is 484 g/mol. The number of fused-ring (bicyclic) bond motifs is 1. The molecule has 5 rings (SSSR count). The second kappa shape index (κ2) is 10.4. The van der Waals surface area contributed by atoms with Gasteiger partial charge in [0.15, 0.2) is 5.82 Å². The molecule has 0 saturated carbocycles. The number of nitrogens with two attached hydrogens (primary N) is 1. The van der Waals surface area contributed by atoms with Gasteiger partial charge < -0.3 is 20.3 Å². The number of carbonyl (C=O) groups is 1. The molecule has 1 aliphatic heterocycles. The number of hydrogen-bond donors (Lipinski definition) is 1. The summed E-state index contributed by atoms with van der Waals surface area (Å²) in [7, 11) is 3.84. The molecule has 1 aliphatic rings. The normalized spacial score (nSPS) is 14.5. The van der Waals surface area contributed by atoms with E-state index < -0.39 is 0 Å². The molecule has 8 heteroatoms.